The maximum absolute atomic E-state index is 5.76. The summed E-state index contributed by atoms with van der Waals surface area (Å²) in [6, 6.07) is 14.7. The summed E-state index contributed by atoms with van der Waals surface area (Å²) in [6.07, 6.45) is 3.68. The summed E-state index contributed by atoms with van der Waals surface area (Å²) < 4.78 is 1.32. The third-order valence-electron chi connectivity index (χ3n) is 3.50. The molecule has 0 bridgehead atoms. The number of aromatic nitrogens is 1. The zero-order valence-electron chi connectivity index (χ0n) is 11.1. The minimum absolute atomic E-state index is 0.152. The number of hydrogen-bond donors (Lipinski definition) is 2. The Morgan fingerprint density at radius 2 is 2.10 bits per heavy atom. The van der Waals surface area contributed by atoms with E-state index in [2.05, 4.69) is 46.1 Å². The topological polar surface area (TPSA) is 50.9 Å². The van der Waals surface area contributed by atoms with E-state index < -0.39 is 0 Å². The van der Waals surface area contributed by atoms with E-state index in [0.717, 1.165) is 18.5 Å². The van der Waals surface area contributed by atoms with Crippen LogP contribution < -0.4 is 11.3 Å². The Morgan fingerprint density at radius 3 is 2.90 bits per heavy atom. The van der Waals surface area contributed by atoms with Crippen molar-refractivity contribution in [1.82, 2.24) is 10.4 Å². The molecule has 0 saturated heterocycles. The summed E-state index contributed by atoms with van der Waals surface area (Å²) in [5.41, 5.74) is 5.33. The number of hydrazine groups is 1. The van der Waals surface area contributed by atoms with Gasteiger partial charge < -0.3 is 0 Å². The number of nitrogens with zero attached hydrogens (tertiary/aromatic N) is 1. The predicted molar refractivity (Wildman–Crippen MR) is 84.4 cm³/mol. The van der Waals surface area contributed by atoms with Crippen molar-refractivity contribution in [3.05, 3.63) is 65.3 Å². The van der Waals surface area contributed by atoms with Crippen LogP contribution in [-0.4, -0.2) is 4.98 Å². The predicted octanol–water partition coefficient (Wildman–Crippen LogP) is 3.43. The Morgan fingerprint density at radius 1 is 1.15 bits per heavy atom. The van der Waals surface area contributed by atoms with Gasteiger partial charge in [0.05, 0.1) is 0 Å². The van der Waals surface area contributed by atoms with E-state index in [0.29, 0.717) is 0 Å². The fourth-order valence-corrected chi connectivity index (χ4v) is 3.43. The van der Waals surface area contributed by atoms with Crippen molar-refractivity contribution in [2.45, 2.75) is 18.9 Å². The number of nitrogens with two attached hydrogens (primary N) is 1. The molecule has 0 spiro atoms. The van der Waals surface area contributed by atoms with Crippen molar-refractivity contribution in [3.63, 3.8) is 0 Å². The average Bonchev–Trinajstić information content (AvgIpc) is 2.98. The SMILES string of the molecule is NNC(CCc1ccccn1)c1cccc2ccsc12. The van der Waals surface area contributed by atoms with Crippen LogP contribution in [0.5, 0.6) is 0 Å². The molecule has 3 N–H and O–H groups in total. The summed E-state index contributed by atoms with van der Waals surface area (Å²) >= 11 is 1.77. The van der Waals surface area contributed by atoms with Crippen molar-refractivity contribution in [2.24, 2.45) is 5.84 Å². The van der Waals surface area contributed by atoms with Crippen LogP contribution in [0, 0.1) is 0 Å². The molecule has 2 aromatic heterocycles. The molecule has 0 saturated carbocycles. The van der Waals surface area contributed by atoms with Gasteiger partial charge in [-0.1, -0.05) is 24.3 Å². The van der Waals surface area contributed by atoms with E-state index in [-0.39, 0.29) is 6.04 Å². The van der Waals surface area contributed by atoms with E-state index in [1.165, 1.54) is 15.6 Å². The number of benzene rings is 1. The second kappa shape index (κ2) is 6.13. The number of rotatable bonds is 5. The number of thiophene rings is 1. The van der Waals surface area contributed by atoms with Crippen LogP contribution in [0.25, 0.3) is 10.1 Å². The standard InChI is InChI=1S/C16H17N3S/c17-19-15(8-7-13-5-1-2-10-18-13)14-6-3-4-12-9-11-20-16(12)14/h1-6,9-11,15,19H,7-8,17H2. The van der Waals surface area contributed by atoms with E-state index >= 15 is 0 Å². The van der Waals surface area contributed by atoms with Crippen LogP contribution >= 0.6 is 11.3 Å². The highest BCUT2D eigenvalue weighted by Crippen LogP contribution is 2.30. The lowest BCUT2D eigenvalue weighted by molar-refractivity contribution is 0.517. The van der Waals surface area contributed by atoms with E-state index in [4.69, 9.17) is 5.84 Å². The fourth-order valence-electron chi connectivity index (χ4n) is 2.46. The molecule has 0 radical (unpaired) electrons. The summed E-state index contributed by atoms with van der Waals surface area (Å²) in [7, 11) is 0. The molecule has 3 aromatic rings. The second-order valence-electron chi connectivity index (χ2n) is 4.77. The lowest BCUT2D eigenvalue weighted by Gasteiger charge is -2.17. The van der Waals surface area contributed by atoms with E-state index in [1.807, 2.05) is 18.3 Å². The van der Waals surface area contributed by atoms with Gasteiger partial charge in [0, 0.05) is 22.6 Å². The van der Waals surface area contributed by atoms with Crippen LogP contribution in [0.3, 0.4) is 0 Å². The fraction of sp³-hybridized carbons (Fsp3) is 0.188. The summed E-state index contributed by atoms with van der Waals surface area (Å²) in [5, 5.41) is 3.41. The molecule has 4 heteroatoms. The Bertz CT molecular complexity index is 678. The Balaban J connectivity index is 1.81. The Hall–Kier alpha value is -1.75. The highest BCUT2D eigenvalue weighted by molar-refractivity contribution is 7.17. The van der Waals surface area contributed by atoms with Gasteiger partial charge in [0.1, 0.15) is 0 Å². The number of aryl methyl sites for hydroxylation is 1. The molecule has 0 aliphatic carbocycles. The van der Waals surface area contributed by atoms with Gasteiger partial charge in [-0.15, -0.1) is 11.3 Å². The van der Waals surface area contributed by atoms with Gasteiger partial charge in [-0.2, -0.15) is 0 Å². The number of nitrogens with one attached hydrogen (secondary N) is 1. The molecule has 1 unspecified atom stereocenters. The maximum Gasteiger partial charge on any atom is 0.0477 e. The molecule has 0 aliphatic heterocycles. The van der Waals surface area contributed by atoms with Crippen LogP contribution in [0.1, 0.15) is 23.7 Å². The third-order valence-corrected chi connectivity index (χ3v) is 4.48. The van der Waals surface area contributed by atoms with Crippen molar-refractivity contribution in [2.75, 3.05) is 0 Å². The molecule has 0 fully saturated rings. The minimum Gasteiger partial charge on any atom is -0.271 e. The van der Waals surface area contributed by atoms with Gasteiger partial charge in [-0.25, -0.2) is 0 Å². The summed E-state index contributed by atoms with van der Waals surface area (Å²) in [6.45, 7) is 0. The Labute approximate surface area is 122 Å². The highest BCUT2D eigenvalue weighted by atomic mass is 32.1. The summed E-state index contributed by atoms with van der Waals surface area (Å²) in [5.74, 6) is 5.76. The van der Waals surface area contributed by atoms with Crippen LogP contribution in [-0.2, 0) is 6.42 Å². The molecule has 102 valence electrons. The first-order valence-corrected chi connectivity index (χ1v) is 7.58. The largest absolute Gasteiger partial charge is 0.271 e. The van der Waals surface area contributed by atoms with Gasteiger partial charge in [-0.3, -0.25) is 16.3 Å². The molecule has 2 heterocycles. The molecule has 20 heavy (non-hydrogen) atoms. The van der Waals surface area contributed by atoms with Gasteiger partial charge in [-0.05, 0) is 47.4 Å². The zero-order valence-corrected chi connectivity index (χ0v) is 11.9. The molecular formula is C16H17N3S. The summed E-state index contributed by atoms with van der Waals surface area (Å²) in [4.78, 5) is 4.37. The first-order chi connectivity index (χ1) is 9.88. The van der Waals surface area contributed by atoms with E-state index in [1.54, 1.807) is 11.3 Å². The van der Waals surface area contributed by atoms with Crippen LogP contribution in [0.2, 0.25) is 0 Å². The number of hydrogen-bond acceptors (Lipinski definition) is 4. The van der Waals surface area contributed by atoms with Gasteiger partial charge in [0.2, 0.25) is 0 Å². The maximum atomic E-state index is 5.76. The first-order valence-electron chi connectivity index (χ1n) is 6.70. The van der Waals surface area contributed by atoms with Gasteiger partial charge in [0.25, 0.3) is 0 Å². The molecule has 1 aromatic carbocycles. The molecule has 0 aliphatic rings. The van der Waals surface area contributed by atoms with Crippen molar-refractivity contribution in [1.29, 1.82) is 0 Å². The minimum atomic E-state index is 0.152. The Kier molecular flexibility index (Phi) is 4.06. The average molecular weight is 283 g/mol. The lowest BCUT2D eigenvalue weighted by atomic mass is 10.0. The molecule has 0 amide bonds. The van der Waals surface area contributed by atoms with Gasteiger partial charge in [0.15, 0.2) is 0 Å². The third kappa shape index (κ3) is 2.72. The van der Waals surface area contributed by atoms with Crippen molar-refractivity contribution in [3.8, 4) is 0 Å². The highest BCUT2D eigenvalue weighted by Gasteiger charge is 2.13. The normalized spacial score (nSPS) is 12.7. The zero-order chi connectivity index (χ0) is 13.8. The molecule has 1 atom stereocenters. The lowest BCUT2D eigenvalue weighted by Crippen LogP contribution is -2.28. The van der Waals surface area contributed by atoms with Crippen LogP contribution in [0.4, 0.5) is 0 Å². The number of fused-ring (bicyclic) bond motifs is 1. The quantitative estimate of drug-likeness (QED) is 0.557. The first kappa shape index (κ1) is 13.2. The van der Waals surface area contributed by atoms with Crippen molar-refractivity contribution < 1.29 is 0 Å². The van der Waals surface area contributed by atoms with Crippen LogP contribution in [0.15, 0.2) is 54.0 Å². The molecular weight excluding hydrogens is 266 g/mol. The van der Waals surface area contributed by atoms with E-state index in [9.17, 15) is 0 Å². The second-order valence-corrected chi connectivity index (χ2v) is 5.68. The smallest absolute Gasteiger partial charge is 0.0477 e. The van der Waals surface area contributed by atoms with Gasteiger partial charge >= 0.3 is 0 Å². The molecule has 3 rings (SSSR count). The number of pyridine rings is 1. The monoisotopic (exact) mass is 283 g/mol. The molecule has 3 nitrogen and oxygen atoms in total. The van der Waals surface area contributed by atoms with Crippen molar-refractivity contribution >= 4 is 21.4 Å².